The fourth-order valence-corrected chi connectivity index (χ4v) is 2.94. The lowest BCUT2D eigenvalue weighted by atomic mass is 10.1. The van der Waals surface area contributed by atoms with E-state index in [1.54, 1.807) is 52.3 Å². The maximum absolute atomic E-state index is 12.7. The van der Waals surface area contributed by atoms with Gasteiger partial charge in [-0.2, -0.15) is 0 Å². The first-order chi connectivity index (χ1) is 14.1. The molecule has 0 atom stereocenters. The first-order valence-electron chi connectivity index (χ1n) is 9.24. The highest BCUT2D eigenvalue weighted by Crippen LogP contribution is 2.35. The van der Waals surface area contributed by atoms with Crippen LogP contribution < -0.4 is 4.74 Å². The van der Waals surface area contributed by atoms with Crippen molar-refractivity contribution in [2.45, 2.75) is 32.8 Å². The molecule has 1 aromatic carbocycles. The SMILES string of the molecule is COC(=O)CC(=O)c1cc(-c2cn(C(=O)OC(C)(C)C)c3ccc(OC)cc23)co1. The van der Waals surface area contributed by atoms with Gasteiger partial charge in [-0.25, -0.2) is 4.79 Å². The zero-order valence-electron chi connectivity index (χ0n) is 17.5. The second-order valence-electron chi connectivity index (χ2n) is 7.65. The first kappa shape index (κ1) is 21.2. The molecule has 0 saturated carbocycles. The Morgan fingerprint density at radius 2 is 1.83 bits per heavy atom. The van der Waals surface area contributed by atoms with Crippen molar-refractivity contribution in [3.63, 3.8) is 0 Å². The molecule has 8 heteroatoms. The van der Waals surface area contributed by atoms with Crippen LogP contribution in [-0.2, 0) is 14.3 Å². The van der Waals surface area contributed by atoms with Crippen molar-refractivity contribution in [1.82, 2.24) is 4.57 Å². The molecule has 0 saturated heterocycles. The smallest absolute Gasteiger partial charge is 0.419 e. The average molecular weight is 413 g/mol. The topological polar surface area (TPSA) is 97.0 Å². The molecule has 0 aliphatic rings. The van der Waals surface area contributed by atoms with Gasteiger partial charge in [0.2, 0.25) is 5.78 Å². The van der Waals surface area contributed by atoms with Gasteiger partial charge in [-0.05, 0) is 45.0 Å². The molecule has 30 heavy (non-hydrogen) atoms. The van der Waals surface area contributed by atoms with Crippen molar-refractivity contribution in [3.8, 4) is 16.9 Å². The number of fused-ring (bicyclic) bond motifs is 1. The summed E-state index contributed by atoms with van der Waals surface area (Å²) in [6.07, 6.45) is 2.07. The second-order valence-corrected chi connectivity index (χ2v) is 7.65. The number of ether oxygens (including phenoxy) is 3. The molecule has 3 aromatic rings. The average Bonchev–Trinajstić information content (AvgIpc) is 3.30. The summed E-state index contributed by atoms with van der Waals surface area (Å²) in [6, 6.07) is 6.81. The van der Waals surface area contributed by atoms with E-state index in [4.69, 9.17) is 13.9 Å². The molecule has 8 nitrogen and oxygen atoms in total. The summed E-state index contributed by atoms with van der Waals surface area (Å²) in [7, 11) is 2.76. The molecular formula is C22H23NO7. The number of benzene rings is 1. The van der Waals surface area contributed by atoms with Crippen LogP contribution >= 0.6 is 0 Å². The Morgan fingerprint density at radius 3 is 2.47 bits per heavy atom. The minimum atomic E-state index is -0.663. The van der Waals surface area contributed by atoms with E-state index in [1.807, 2.05) is 0 Å². The minimum absolute atomic E-state index is 0.0245. The molecular weight excluding hydrogens is 390 g/mol. The van der Waals surface area contributed by atoms with Crippen LogP contribution in [0.5, 0.6) is 5.75 Å². The predicted octanol–water partition coefficient (Wildman–Crippen LogP) is 4.44. The fraction of sp³-hybridized carbons (Fsp3) is 0.318. The van der Waals surface area contributed by atoms with Gasteiger partial charge in [-0.15, -0.1) is 0 Å². The van der Waals surface area contributed by atoms with Gasteiger partial charge in [0.25, 0.3) is 0 Å². The summed E-state index contributed by atoms with van der Waals surface area (Å²) in [5, 5.41) is 0.716. The molecule has 158 valence electrons. The van der Waals surface area contributed by atoms with E-state index in [2.05, 4.69) is 4.74 Å². The molecule has 2 heterocycles. The number of furan rings is 1. The largest absolute Gasteiger partial charge is 0.497 e. The van der Waals surface area contributed by atoms with Crippen LogP contribution in [0, 0.1) is 0 Å². The number of hydrogen-bond donors (Lipinski definition) is 0. The Bertz CT molecular complexity index is 1110. The highest BCUT2D eigenvalue weighted by atomic mass is 16.6. The normalized spacial score (nSPS) is 11.4. The summed E-state index contributed by atoms with van der Waals surface area (Å²) in [6.45, 7) is 5.36. The number of carbonyl (C=O) groups is 3. The Balaban J connectivity index is 2.06. The highest BCUT2D eigenvalue weighted by molar-refractivity contribution is 6.06. The van der Waals surface area contributed by atoms with Crippen molar-refractivity contribution in [1.29, 1.82) is 0 Å². The van der Waals surface area contributed by atoms with Gasteiger partial charge in [-0.1, -0.05) is 0 Å². The second kappa shape index (κ2) is 8.06. The third kappa shape index (κ3) is 4.37. The van der Waals surface area contributed by atoms with Crippen LogP contribution in [-0.4, -0.2) is 42.2 Å². The summed E-state index contributed by atoms with van der Waals surface area (Å²) in [5.74, 6) is -0.515. The number of Topliss-reactive ketones (excluding diaryl/α,β-unsaturated/α-hetero) is 1. The van der Waals surface area contributed by atoms with Gasteiger partial charge >= 0.3 is 12.1 Å². The number of aromatic nitrogens is 1. The molecule has 0 unspecified atom stereocenters. The monoisotopic (exact) mass is 413 g/mol. The lowest BCUT2D eigenvalue weighted by molar-refractivity contribution is -0.139. The lowest BCUT2D eigenvalue weighted by Crippen LogP contribution is -2.26. The third-order valence-corrected chi connectivity index (χ3v) is 4.32. The van der Waals surface area contributed by atoms with Crippen LogP contribution in [0.15, 0.2) is 41.1 Å². The Kier molecular flexibility index (Phi) is 5.69. The van der Waals surface area contributed by atoms with Crippen LogP contribution in [0.1, 0.15) is 37.7 Å². The van der Waals surface area contributed by atoms with Crippen LogP contribution in [0.25, 0.3) is 22.0 Å². The Hall–Kier alpha value is -3.55. The summed E-state index contributed by atoms with van der Waals surface area (Å²) < 4.78 is 22.1. The maximum atomic E-state index is 12.7. The first-order valence-corrected chi connectivity index (χ1v) is 9.24. The maximum Gasteiger partial charge on any atom is 0.419 e. The number of ketones is 1. The Labute approximate surface area is 173 Å². The number of hydrogen-bond acceptors (Lipinski definition) is 7. The van der Waals surface area contributed by atoms with E-state index in [9.17, 15) is 14.4 Å². The molecule has 3 rings (SSSR count). The summed E-state index contributed by atoms with van der Waals surface area (Å²) >= 11 is 0. The minimum Gasteiger partial charge on any atom is -0.497 e. The zero-order chi connectivity index (χ0) is 22.1. The van der Waals surface area contributed by atoms with Crippen molar-refractivity contribution in [2.75, 3.05) is 14.2 Å². The van der Waals surface area contributed by atoms with Crippen molar-refractivity contribution in [2.24, 2.45) is 0 Å². The van der Waals surface area contributed by atoms with E-state index in [1.165, 1.54) is 24.0 Å². The van der Waals surface area contributed by atoms with Crippen molar-refractivity contribution < 1.29 is 33.0 Å². The molecule has 0 N–H and O–H groups in total. The van der Waals surface area contributed by atoms with Crippen molar-refractivity contribution in [3.05, 3.63) is 42.5 Å². The van der Waals surface area contributed by atoms with Gasteiger partial charge in [0.1, 0.15) is 17.8 Å². The van der Waals surface area contributed by atoms with Gasteiger partial charge in [0.15, 0.2) is 5.76 Å². The van der Waals surface area contributed by atoms with E-state index in [-0.39, 0.29) is 5.76 Å². The number of nitrogens with zero attached hydrogens (tertiary/aromatic N) is 1. The van der Waals surface area contributed by atoms with Gasteiger partial charge in [0, 0.05) is 22.7 Å². The van der Waals surface area contributed by atoms with E-state index in [0.29, 0.717) is 27.8 Å². The standard InChI is InChI=1S/C22H23NO7/c1-22(2,3)30-21(26)23-11-16(15-9-14(27-4)6-7-17(15)23)13-8-19(29-12-13)18(24)10-20(25)28-5/h6-9,11-12H,10H2,1-5H3. The molecule has 0 aliphatic heterocycles. The molecule has 0 spiro atoms. The molecule has 0 aliphatic carbocycles. The van der Waals surface area contributed by atoms with Crippen LogP contribution in [0.3, 0.4) is 0 Å². The Morgan fingerprint density at radius 1 is 1.10 bits per heavy atom. The molecule has 0 fully saturated rings. The van der Waals surface area contributed by atoms with Gasteiger partial charge < -0.3 is 18.6 Å². The quantitative estimate of drug-likeness (QED) is 0.346. The van der Waals surface area contributed by atoms with E-state index >= 15 is 0 Å². The molecule has 0 amide bonds. The summed E-state index contributed by atoms with van der Waals surface area (Å²) in [4.78, 5) is 36.3. The molecule has 2 aromatic heterocycles. The molecule has 0 radical (unpaired) electrons. The van der Waals surface area contributed by atoms with Gasteiger partial charge in [0.05, 0.1) is 26.0 Å². The van der Waals surface area contributed by atoms with Gasteiger partial charge in [-0.3, -0.25) is 14.2 Å². The van der Waals surface area contributed by atoms with Crippen LogP contribution in [0.4, 0.5) is 4.79 Å². The number of rotatable bonds is 5. The van der Waals surface area contributed by atoms with E-state index in [0.717, 1.165) is 0 Å². The van der Waals surface area contributed by atoms with E-state index < -0.39 is 29.9 Å². The highest BCUT2D eigenvalue weighted by Gasteiger charge is 2.23. The number of carbonyl (C=O) groups excluding carboxylic acids is 3. The number of methoxy groups -OCH3 is 2. The van der Waals surface area contributed by atoms with Crippen LogP contribution in [0.2, 0.25) is 0 Å². The third-order valence-electron chi connectivity index (χ3n) is 4.32. The summed E-state index contributed by atoms with van der Waals surface area (Å²) in [5.41, 5.74) is 1.17. The predicted molar refractivity (Wildman–Crippen MR) is 109 cm³/mol. The zero-order valence-corrected chi connectivity index (χ0v) is 17.5. The fourth-order valence-electron chi connectivity index (χ4n) is 2.94. The lowest BCUT2D eigenvalue weighted by Gasteiger charge is -2.19. The van der Waals surface area contributed by atoms with Crippen molar-refractivity contribution >= 4 is 28.7 Å². The molecule has 0 bridgehead atoms. The number of esters is 1.